The fourth-order valence-corrected chi connectivity index (χ4v) is 2.70. The van der Waals surface area contributed by atoms with Crippen LogP contribution in [0.2, 0.25) is 0 Å². The third kappa shape index (κ3) is 3.52. The number of hydrogen-bond donors (Lipinski definition) is 2. The molecule has 2 N–H and O–H groups in total. The van der Waals surface area contributed by atoms with Gasteiger partial charge in [-0.3, -0.25) is 0 Å². The molecule has 4 nitrogen and oxygen atoms in total. The summed E-state index contributed by atoms with van der Waals surface area (Å²) in [6, 6.07) is 6.82. The summed E-state index contributed by atoms with van der Waals surface area (Å²) in [5, 5.41) is 11.8. The van der Waals surface area contributed by atoms with E-state index >= 15 is 0 Å². The molecule has 1 aromatic rings. The van der Waals surface area contributed by atoms with Gasteiger partial charge in [0.05, 0.1) is 12.6 Å². The number of aliphatic hydroxyl groups excluding tert-OH is 1. The van der Waals surface area contributed by atoms with Crippen LogP contribution in [0.4, 0.5) is 18.0 Å². The SMILES string of the molecule is C[C@@H]1Cc2ccccc2[C@@H]1NC(=O)N(C)C[C@H](O)C(F)(F)F. The van der Waals surface area contributed by atoms with Gasteiger partial charge in [-0.05, 0) is 23.5 Å². The maximum absolute atomic E-state index is 12.3. The lowest BCUT2D eigenvalue weighted by atomic mass is 10.0. The monoisotopic (exact) mass is 316 g/mol. The van der Waals surface area contributed by atoms with E-state index in [0.29, 0.717) is 0 Å². The number of nitrogens with zero attached hydrogens (tertiary/aromatic N) is 1. The molecule has 0 saturated carbocycles. The molecule has 0 aliphatic heterocycles. The van der Waals surface area contributed by atoms with Crippen molar-refractivity contribution in [3.63, 3.8) is 0 Å². The Morgan fingerprint density at radius 3 is 2.73 bits per heavy atom. The molecule has 122 valence electrons. The molecule has 0 bridgehead atoms. The van der Waals surface area contributed by atoms with Crippen LogP contribution in [0.15, 0.2) is 24.3 Å². The Morgan fingerprint density at radius 2 is 2.09 bits per heavy atom. The molecule has 0 heterocycles. The lowest BCUT2D eigenvalue weighted by Crippen LogP contribution is -2.46. The molecule has 0 spiro atoms. The van der Waals surface area contributed by atoms with Gasteiger partial charge in [0, 0.05) is 7.05 Å². The zero-order valence-corrected chi connectivity index (χ0v) is 12.4. The second kappa shape index (κ2) is 6.16. The topological polar surface area (TPSA) is 52.6 Å². The minimum Gasteiger partial charge on any atom is -0.382 e. The summed E-state index contributed by atoms with van der Waals surface area (Å²) < 4.78 is 37.0. The number of amides is 2. The standard InChI is InChI=1S/C15H19F3N2O2/c1-9-7-10-5-3-4-6-11(10)13(9)19-14(22)20(2)8-12(21)15(16,17)18/h3-6,9,12-13,21H,7-8H2,1-2H3,(H,19,22)/t9-,12+,13-/m1/s1. The number of fused-ring (bicyclic) bond motifs is 1. The Labute approximate surface area is 126 Å². The van der Waals surface area contributed by atoms with E-state index < -0.39 is 24.9 Å². The second-order valence-electron chi connectivity index (χ2n) is 5.75. The van der Waals surface area contributed by atoms with Gasteiger partial charge in [0.25, 0.3) is 0 Å². The van der Waals surface area contributed by atoms with Crippen LogP contribution in [0.3, 0.4) is 0 Å². The van der Waals surface area contributed by atoms with Gasteiger partial charge in [-0.15, -0.1) is 0 Å². The summed E-state index contributed by atoms with van der Waals surface area (Å²) in [5.41, 5.74) is 2.13. The molecule has 2 rings (SSSR count). The molecular formula is C15H19F3N2O2. The van der Waals surface area contributed by atoms with Crippen LogP contribution in [-0.4, -0.2) is 41.9 Å². The van der Waals surface area contributed by atoms with E-state index in [1.54, 1.807) is 0 Å². The number of benzene rings is 1. The highest BCUT2D eigenvalue weighted by Gasteiger charge is 2.40. The Bertz CT molecular complexity index is 548. The van der Waals surface area contributed by atoms with Crippen LogP contribution >= 0.6 is 0 Å². The van der Waals surface area contributed by atoms with Crippen molar-refractivity contribution < 1.29 is 23.1 Å². The maximum Gasteiger partial charge on any atom is 0.416 e. The predicted octanol–water partition coefficient (Wildman–Crippen LogP) is 2.48. The fourth-order valence-electron chi connectivity index (χ4n) is 2.70. The van der Waals surface area contributed by atoms with E-state index in [4.69, 9.17) is 5.11 Å². The van der Waals surface area contributed by atoms with Crippen LogP contribution in [0.5, 0.6) is 0 Å². The van der Waals surface area contributed by atoms with Crippen molar-refractivity contribution >= 4 is 6.03 Å². The number of carbonyl (C=O) groups excluding carboxylic acids is 1. The van der Waals surface area contributed by atoms with Crippen LogP contribution in [-0.2, 0) is 6.42 Å². The summed E-state index contributed by atoms with van der Waals surface area (Å²) in [6.45, 7) is 1.19. The summed E-state index contributed by atoms with van der Waals surface area (Å²) in [5.74, 6) is 0.169. The average Bonchev–Trinajstić information content (AvgIpc) is 2.74. The second-order valence-corrected chi connectivity index (χ2v) is 5.75. The van der Waals surface area contributed by atoms with Gasteiger partial charge >= 0.3 is 12.2 Å². The van der Waals surface area contributed by atoms with Gasteiger partial charge in [-0.1, -0.05) is 31.2 Å². The molecule has 0 aromatic heterocycles. The summed E-state index contributed by atoms with van der Waals surface area (Å²) in [6.07, 6.45) is -6.46. The normalized spacial score (nSPS) is 22.1. The summed E-state index contributed by atoms with van der Waals surface area (Å²) >= 11 is 0. The van der Waals surface area contributed by atoms with Gasteiger partial charge in [0.2, 0.25) is 0 Å². The summed E-state index contributed by atoms with van der Waals surface area (Å²) in [4.78, 5) is 12.9. The number of carbonyl (C=O) groups is 1. The van der Waals surface area contributed by atoms with Crippen LogP contribution in [0, 0.1) is 5.92 Å². The first-order valence-electron chi connectivity index (χ1n) is 7.04. The molecule has 1 aromatic carbocycles. The number of nitrogens with one attached hydrogen (secondary N) is 1. The molecule has 3 atom stereocenters. The lowest BCUT2D eigenvalue weighted by molar-refractivity contribution is -0.205. The van der Waals surface area contributed by atoms with E-state index in [-0.39, 0.29) is 12.0 Å². The van der Waals surface area contributed by atoms with Crippen molar-refractivity contribution in [2.75, 3.05) is 13.6 Å². The molecule has 7 heteroatoms. The highest BCUT2D eigenvalue weighted by molar-refractivity contribution is 5.74. The van der Waals surface area contributed by atoms with Gasteiger partial charge in [0.1, 0.15) is 0 Å². The number of urea groups is 1. The van der Waals surface area contributed by atoms with Crippen molar-refractivity contribution in [2.45, 2.75) is 31.7 Å². The Morgan fingerprint density at radius 1 is 1.45 bits per heavy atom. The first-order chi connectivity index (χ1) is 10.2. The molecule has 1 aliphatic carbocycles. The molecule has 0 fully saturated rings. The zero-order chi connectivity index (χ0) is 16.5. The number of alkyl halides is 3. The highest BCUT2D eigenvalue weighted by Crippen LogP contribution is 2.35. The largest absolute Gasteiger partial charge is 0.416 e. The van der Waals surface area contributed by atoms with E-state index in [9.17, 15) is 18.0 Å². The minimum atomic E-state index is -4.73. The third-order valence-electron chi connectivity index (χ3n) is 3.95. The number of likely N-dealkylation sites (N-methyl/N-ethyl adjacent to an activating group) is 1. The van der Waals surface area contributed by atoms with Gasteiger partial charge in [-0.2, -0.15) is 13.2 Å². The number of aliphatic hydroxyl groups is 1. The number of hydrogen-bond acceptors (Lipinski definition) is 2. The predicted molar refractivity (Wildman–Crippen MR) is 75.3 cm³/mol. The molecule has 0 unspecified atom stereocenters. The maximum atomic E-state index is 12.3. The van der Waals surface area contributed by atoms with Gasteiger partial charge in [0.15, 0.2) is 6.10 Å². The highest BCUT2D eigenvalue weighted by atomic mass is 19.4. The minimum absolute atomic E-state index is 0.169. The van der Waals surface area contributed by atoms with Crippen molar-refractivity contribution in [2.24, 2.45) is 5.92 Å². The Kier molecular flexibility index (Phi) is 4.65. The van der Waals surface area contributed by atoms with E-state index in [1.165, 1.54) is 7.05 Å². The Hall–Kier alpha value is -1.76. The Balaban J connectivity index is 2.00. The summed E-state index contributed by atoms with van der Waals surface area (Å²) in [7, 11) is 1.23. The van der Waals surface area contributed by atoms with Crippen LogP contribution in [0.1, 0.15) is 24.1 Å². The van der Waals surface area contributed by atoms with Crippen molar-refractivity contribution in [3.05, 3.63) is 35.4 Å². The van der Waals surface area contributed by atoms with Crippen LogP contribution < -0.4 is 5.32 Å². The quantitative estimate of drug-likeness (QED) is 0.900. The van der Waals surface area contributed by atoms with Crippen molar-refractivity contribution in [1.29, 1.82) is 0 Å². The molecule has 2 amide bonds. The van der Waals surface area contributed by atoms with Crippen LogP contribution in [0.25, 0.3) is 0 Å². The zero-order valence-electron chi connectivity index (χ0n) is 12.4. The first-order valence-corrected chi connectivity index (χ1v) is 7.04. The van der Waals surface area contributed by atoms with Gasteiger partial charge < -0.3 is 15.3 Å². The number of rotatable bonds is 3. The van der Waals surface area contributed by atoms with Crippen molar-refractivity contribution in [3.8, 4) is 0 Å². The number of halogens is 3. The van der Waals surface area contributed by atoms with E-state index in [2.05, 4.69) is 5.32 Å². The fraction of sp³-hybridized carbons (Fsp3) is 0.533. The van der Waals surface area contributed by atoms with E-state index in [1.807, 2.05) is 31.2 Å². The average molecular weight is 316 g/mol. The molecule has 1 aliphatic rings. The third-order valence-corrected chi connectivity index (χ3v) is 3.95. The molecule has 0 saturated heterocycles. The molecule has 22 heavy (non-hydrogen) atoms. The van der Waals surface area contributed by atoms with Gasteiger partial charge in [-0.25, -0.2) is 4.79 Å². The van der Waals surface area contributed by atoms with E-state index in [0.717, 1.165) is 22.4 Å². The smallest absolute Gasteiger partial charge is 0.382 e. The van der Waals surface area contributed by atoms with Crippen molar-refractivity contribution in [1.82, 2.24) is 10.2 Å². The molecule has 0 radical (unpaired) electrons. The first kappa shape index (κ1) is 16.6. The lowest BCUT2D eigenvalue weighted by Gasteiger charge is -2.26. The molecular weight excluding hydrogens is 297 g/mol.